The maximum absolute atomic E-state index is 5.48. The molecule has 0 radical (unpaired) electrons. The number of hydrogen-bond acceptors (Lipinski definition) is 2. The van der Waals surface area contributed by atoms with Crippen molar-refractivity contribution in [2.75, 3.05) is 19.8 Å². The van der Waals surface area contributed by atoms with E-state index in [0.717, 1.165) is 25.7 Å². The number of rotatable bonds is 9. The van der Waals surface area contributed by atoms with Crippen LogP contribution < -0.4 is 5.32 Å². The molecule has 0 heterocycles. The van der Waals surface area contributed by atoms with Crippen LogP contribution >= 0.6 is 0 Å². The fourth-order valence-electron chi connectivity index (χ4n) is 1.70. The molecule has 0 saturated heterocycles. The Morgan fingerprint density at radius 1 is 1.36 bits per heavy atom. The van der Waals surface area contributed by atoms with Crippen LogP contribution in [-0.4, -0.2) is 25.8 Å². The van der Waals surface area contributed by atoms with Crippen molar-refractivity contribution in [1.29, 1.82) is 0 Å². The number of ether oxygens (including phenoxy) is 1. The Hall–Kier alpha value is -0.0800. The van der Waals surface area contributed by atoms with Crippen LogP contribution in [0.25, 0.3) is 0 Å². The first kappa shape index (κ1) is 12.0. The summed E-state index contributed by atoms with van der Waals surface area (Å²) in [7, 11) is 0. The number of nitrogens with one attached hydrogen (secondary N) is 1. The molecule has 2 heteroatoms. The van der Waals surface area contributed by atoms with Gasteiger partial charge in [0.05, 0.1) is 6.61 Å². The molecule has 84 valence electrons. The zero-order valence-corrected chi connectivity index (χ0v) is 9.72. The molecule has 0 spiro atoms. The minimum Gasteiger partial charge on any atom is -0.380 e. The fourth-order valence-corrected chi connectivity index (χ4v) is 1.70. The monoisotopic (exact) mass is 199 g/mol. The Bertz CT molecular complexity index is 126. The van der Waals surface area contributed by atoms with Gasteiger partial charge in [0, 0.05) is 12.6 Å². The highest BCUT2D eigenvalue weighted by molar-refractivity contribution is 4.76. The van der Waals surface area contributed by atoms with E-state index in [-0.39, 0.29) is 0 Å². The lowest BCUT2D eigenvalue weighted by Crippen LogP contribution is -2.34. The van der Waals surface area contributed by atoms with E-state index in [1.807, 2.05) is 0 Å². The molecule has 1 aliphatic carbocycles. The second kappa shape index (κ2) is 7.24. The van der Waals surface area contributed by atoms with Gasteiger partial charge in [0.25, 0.3) is 0 Å². The van der Waals surface area contributed by atoms with E-state index in [0.29, 0.717) is 6.04 Å². The lowest BCUT2D eigenvalue weighted by atomic mass is 10.1. The summed E-state index contributed by atoms with van der Waals surface area (Å²) in [5, 5.41) is 3.56. The largest absolute Gasteiger partial charge is 0.380 e. The van der Waals surface area contributed by atoms with E-state index in [1.165, 1.54) is 32.1 Å². The van der Waals surface area contributed by atoms with Gasteiger partial charge in [0.1, 0.15) is 0 Å². The fraction of sp³-hybridized carbons (Fsp3) is 1.00. The molecular formula is C12H25NO. The predicted octanol–water partition coefficient (Wildman–Crippen LogP) is 2.58. The maximum Gasteiger partial charge on any atom is 0.0619 e. The standard InChI is InChI=1S/C12H25NO/c1-3-9-13-12(10-14-4-2)8-7-11-5-6-11/h11-13H,3-10H2,1-2H3. The first-order chi connectivity index (χ1) is 6.86. The molecule has 0 aliphatic heterocycles. The average Bonchev–Trinajstić information content (AvgIpc) is 3.00. The highest BCUT2D eigenvalue weighted by atomic mass is 16.5. The summed E-state index contributed by atoms with van der Waals surface area (Å²) in [6.45, 7) is 7.14. The third kappa shape index (κ3) is 5.61. The quantitative estimate of drug-likeness (QED) is 0.616. The Morgan fingerprint density at radius 2 is 2.14 bits per heavy atom. The SMILES string of the molecule is CCCNC(CCC1CC1)COCC. The molecule has 0 amide bonds. The van der Waals surface area contributed by atoms with Crippen LogP contribution in [0.2, 0.25) is 0 Å². The van der Waals surface area contributed by atoms with Crippen LogP contribution in [0.1, 0.15) is 46.0 Å². The first-order valence-corrected chi connectivity index (χ1v) is 6.18. The summed E-state index contributed by atoms with van der Waals surface area (Å²) >= 11 is 0. The van der Waals surface area contributed by atoms with Crippen LogP contribution in [0.5, 0.6) is 0 Å². The summed E-state index contributed by atoms with van der Waals surface area (Å²) in [5.41, 5.74) is 0. The molecular weight excluding hydrogens is 174 g/mol. The van der Waals surface area contributed by atoms with Crippen molar-refractivity contribution >= 4 is 0 Å². The smallest absolute Gasteiger partial charge is 0.0619 e. The minimum atomic E-state index is 0.593. The van der Waals surface area contributed by atoms with Crippen LogP contribution in [0.15, 0.2) is 0 Å². The third-order valence-corrected chi connectivity index (χ3v) is 2.83. The molecule has 1 rings (SSSR count). The molecule has 0 bridgehead atoms. The summed E-state index contributed by atoms with van der Waals surface area (Å²) < 4.78 is 5.48. The summed E-state index contributed by atoms with van der Waals surface area (Å²) in [4.78, 5) is 0. The van der Waals surface area contributed by atoms with Crippen LogP contribution in [0.3, 0.4) is 0 Å². The van der Waals surface area contributed by atoms with Crippen molar-refractivity contribution in [1.82, 2.24) is 5.32 Å². The van der Waals surface area contributed by atoms with E-state index in [9.17, 15) is 0 Å². The first-order valence-electron chi connectivity index (χ1n) is 6.18. The van der Waals surface area contributed by atoms with Gasteiger partial charge in [-0.2, -0.15) is 0 Å². The van der Waals surface area contributed by atoms with E-state index >= 15 is 0 Å². The number of hydrogen-bond donors (Lipinski definition) is 1. The topological polar surface area (TPSA) is 21.3 Å². The van der Waals surface area contributed by atoms with Crippen LogP contribution in [0.4, 0.5) is 0 Å². The van der Waals surface area contributed by atoms with E-state index in [1.54, 1.807) is 0 Å². The van der Waals surface area contributed by atoms with Gasteiger partial charge >= 0.3 is 0 Å². The Labute approximate surface area is 88.4 Å². The highest BCUT2D eigenvalue weighted by Crippen LogP contribution is 2.33. The van der Waals surface area contributed by atoms with Crippen molar-refractivity contribution in [3.8, 4) is 0 Å². The van der Waals surface area contributed by atoms with E-state index < -0.39 is 0 Å². The normalized spacial score (nSPS) is 18.4. The van der Waals surface area contributed by atoms with Gasteiger partial charge in [-0.15, -0.1) is 0 Å². The minimum absolute atomic E-state index is 0.593. The lowest BCUT2D eigenvalue weighted by Gasteiger charge is -2.17. The molecule has 1 N–H and O–H groups in total. The Morgan fingerprint density at radius 3 is 2.71 bits per heavy atom. The van der Waals surface area contributed by atoms with Crippen molar-refractivity contribution in [2.24, 2.45) is 5.92 Å². The zero-order chi connectivity index (χ0) is 10.2. The molecule has 0 aromatic heterocycles. The van der Waals surface area contributed by atoms with Gasteiger partial charge < -0.3 is 10.1 Å². The molecule has 1 aliphatic rings. The molecule has 1 fully saturated rings. The van der Waals surface area contributed by atoms with Crippen molar-refractivity contribution < 1.29 is 4.74 Å². The Balaban J connectivity index is 2.05. The second-order valence-electron chi connectivity index (χ2n) is 4.33. The van der Waals surface area contributed by atoms with Crippen LogP contribution in [0, 0.1) is 5.92 Å². The molecule has 2 nitrogen and oxygen atoms in total. The second-order valence-corrected chi connectivity index (χ2v) is 4.33. The molecule has 0 aromatic rings. The van der Waals surface area contributed by atoms with Gasteiger partial charge in [-0.25, -0.2) is 0 Å². The molecule has 0 aromatic carbocycles. The van der Waals surface area contributed by atoms with Crippen molar-refractivity contribution in [3.63, 3.8) is 0 Å². The zero-order valence-electron chi connectivity index (χ0n) is 9.72. The molecule has 1 atom stereocenters. The average molecular weight is 199 g/mol. The third-order valence-electron chi connectivity index (χ3n) is 2.83. The summed E-state index contributed by atoms with van der Waals surface area (Å²) in [6.07, 6.45) is 6.84. The van der Waals surface area contributed by atoms with E-state index in [4.69, 9.17) is 4.74 Å². The van der Waals surface area contributed by atoms with Gasteiger partial charge in [0.2, 0.25) is 0 Å². The van der Waals surface area contributed by atoms with Crippen LogP contribution in [-0.2, 0) is 4.74 Å². The van der Waals surface area contributed by atoms with Gasteiger partial charge in [-0.1, -0.05) is 19.8 Å². The van der Waals surface area contributed by atoms with Crippen molar-refractivity contribution in [3.05, 3.63) is 0 Å². The van der Waals surface area contributed by atoms with Gasteiger partial charge in [-0.3, -0.25) is 0 Å². The molecule has 1 unspecified atom stereocenters. The molecule has 14 heavy (non-hydrogen) atoms. The predicted molar refractivity (Wildman–Crippen MR) is 60.5 cm³/mol. The van der Waals surface area contributed by atoms with Gasteiger partial charge in [-0.05, 0) is 38.6 Å². The van der Waals surface area contributed by atoms with Crippen molar-refractivity contribution in [2.45, 2.75) is 52.0 Å². The summed E-state index contributed by atoms with van der Waals surface area (Å²) in [6, 6.07) is 0.593. The lowest BCUT2D eigenvalue weighted by molar-refractivity contribution is 0.119. The Kier molecular flexibility index (Phi) is 6.20. The maximum atomic E-state index is 5.48. The molecule has 1 saturated carbocycles. The summed E-state index contributed by atoms with van der Waals surface area (Å²) in [5.74, 6) is 1.04. The van der Waals surface area contributed by atoms with E-state index in [2.05, 4.69) is 19.2 Å². The highest BCUT2D eigenvalue weighted by Gasteiger charge is 2.22. The van der Waals surface area contributed by atoms with Gasteiger partial charge in [0.15, 0.2) is 0 Å².